The van der Waals surface area contributed by atoms with Crippen LogP contribution >= 0.6 is 11.6 Å². The molecule has 3 aromatic heterocycles. The van der Waals surface area contributed by atoms with E-state index in [4.69, 9.17) is 40.0 Å². The summed E-state index contributed by atoms with van der Waals surface area (Å²) in [4.78, 5) is 40.1. The van der Waals surface area contributed by atoms with E-state index in [0.29, 0.717) is 0 Å². The van der Waals surface area contributed by atoms with Crippen molar-refractivity contribution in [3.63, 3.8) is 0 Å². The Labute approximate surface area is 333 Å². The summed E-state index contributed by atoms with van der Waals surface area (Å²) in [5.74, 6) is -1.32. The third-order valence-electron chi connectivity index (χ3n) is 8.14. The van der Waals surface area contributed by atoms with E-state index in [-0.39, 0.29) is 77.7 Å². The molecule has 7 aromatic rings. The Kier molecular flexibility index (Phi) is 12.6. The number of aromatic nitrogens is 3. The second-order valence-electron chi connectivity index (χ2n) is 12.4. The van der Waals surface area contributed by atoms with Crippen molar-refractivity contribution in [3.8, 4) is 35.1 Å². The molecule has 0 N–H and O–H groups in total. The van der Waals surface area contributed by atoms with Crippen LogP contribution in [0.25, 0.3) is 0 Å². The number of hydrogen-bond donors (Lipinski definition) is 0. The van der Waals surface area contributed by atoms with E-state index in [2.05, 4.69) is 15.0 Å². The van der Waals surface area contributed by atoms with E-state index >= 15 is 0 Å². The molecule has 0 radical (unpaired) electrons. The topological polar surface area (TPSA) is 128 Å². The monoisotopic (exact) mass is 779 g/mol. The van der Waals surface area contributed by atoms with Gasteiger partial charge < -0.3 is 28.4 Å². The lowest BCUT2D eigenvalue weighted by Crippen LogP contribution is -2.13. The molecule has 0 bridgehead atoms. The summed E-state index contributed by atoms with van der Waals surface area (Å²) < 4.78 is 35.0. The first-order valence-electron chi connectivity index (χ1n) is 17.7. The summed E-state index contributed by atoms with van der Waals surface area (Å²) in [6, 6.07) is 45.1. The van der Waals surface area contributed by atoms with Crippen molar-refractivity contribution >= 4 is 23.5 Å². The van der Waals surface area contributed by atoms with Crippen molar-refractivity contribution in [2.24, 2.45) is 0 Å². The van der Waals surface area contributed by atoms with E-state index in [9.17, 15) is 9.59 Å². The third-order valence-corrected chi connectivity index (χ3v) is 8.43. The quantitative estimate of drug-likeness (QED) is 0.0871. The number of halogens is 1. The molecule has 4 aromatic carbocycles. The van der Waals surface area contributed by atoms with Crippen molar-refractivity contribution in [1.82, 2.24) is 15.0 Å². The molecule has 0 aliphatic rings. The first kappa shape index (κ1) is 38.1. The van der Waals surface area contributed by atoms with Gasteiger partial charge in [-0.25, -0.2) is 14.6 Å². The number of pyridine rings is 3. The van der Waals surface area contributed by atoms with Gasteiger partial charge in [0.15, 0.2) is 5.75 Å². The highest BCUT2D eigenvalue weighted by molar-refractivity contribution is 6.32. The van der Waals surface area contributed by atoms with Crippen LogP contribution < -0.4 is 28.4 Å². The molecule has 284 valence electrons. The predicted molar refractivity (Wildman–Crippen MR) is 211 cm³/mol. The summed E-state index contributed by atoms with van der Waals surface area (Å²) in [6.07, 6.45) is 1.21. The third kappa shape index (κ3) is 11.2. The Morgan fingerprint density at radius 2 is 0.772 bits per heavy atom. The van der Waals surface area contributed by atoms with E-state index in [0.717, 1.165) is 22.3 Å². The molecule has 0 fully saturated rings. The fourth-order valence-electron chi connectivity index (χ4n) is 5.27. The molecule has 0 saturated heterocycles. The summed E-state index contributed by atoms with van der Waals surface area (Å²) in [7, 11) is 0. The highest BCUT2D eigenvalue weighted by Gasteiger charge is 2.20. The van der Waals surface area contributed by atoms with Gasteiger partial charge in [0.25, 0.3) is 0 Å². The number of ether oxygens (including phenoxy) is 6. The molecular weight excluding hydrogens is 746 g/mol. The van der Waals surface area contributed by atoms with Gasteiger partial charge in [0.05, 0.1) is 17.3 Å². The SMILES string of the molecule is O=C(Oc1cc(OC(=O)c2cc(OCc3ccccc3)nc(OCc3ccccc3)c2)c(Cl)cn1)c1cc(OCc2ccccc2)nc(OCc2ccccc2)c1. The zero-order valence-electron chi connectivity index (χ0n) is 30.3. The average Bonchev–Trinajstić information content (AvgIpc) is 3.26. The second kappa shape index (κ2) is 18.9. The number of rotatable bonds is 16. The average molecular weight is 780 g/mol. The Balaban J connectivity index is 1.08. The van der Waals surface area contributed by atoms with Crippen molar-refractivity contribution < 1.29 is 38.0 Å². The van der Waals surface area contributed by atoms with Gasteiger partial charge >= 0.3 is 11.9 Å². The van der Waals surface area contributed by atoms with Crippen LogP contribution in [-0.2, 0) is 26.4 Å². The predicted octanol–water partition coefficient (Wildman–Crippen LogP) is 9.28. The Morgan fingerprint density at radius 1 is 0.439 bits per heavy atom. The largest absolute Gasteiger partial charge is 0.473 e. The minimum Gasteiger partial charge on any atom is -0.473 e. The summed E-state index contributed by atoms with van der Waals surface area (Å²) >= 11 is 6.41. The Morgan fingerprint density at radius 3 is 1.12 bits per heavy atom. The van der Waals surface area contributed by atoms with Crippen LogP contribution in [0.15, 0.2) is 158 Å². The van der Waals surface area contributed by atoms with E-state index < -0.39 is 11.9 Å². The highest BCUT2D eigenvalue weighted by Crippen LogP contribution is 2.30. The van der Waals surface area contributed by atoms with Gasteiger partial charge in [-0.1, -0.05) is 133 Å². The smallest absolute Gasteiger partial charge is 0.345 e. The molecule has 0 atom stereocenters. The van der Waals surface area contributed by atoms with Gasteiger partial charge in [0.2, 0.25) is 29.4 Å². The summed E-state index contributed by atoms with van der Waals surface area (Å²) in [6.45, 7) is 0.815. The minimum atomic E-state index is -0.800. The molecule has 12 heteroatoms. The number of benzene rings is 4. The molecule has 7 rings (SSSR count). The molecule has 3 heterocycles. The Hall–Kier alpha value is -7.24. The van der Waals surface area contributed by atoms with Gasteiger partial charge in [0.1, 0.15) is 31.5 Å². The van der Waals surface area contributed by atoms with Crippen LogP contribution in [0, 0.1) is 0 Å². The normalized spacial score (nSPS) is 10.6. The molecule has 0 aliphatic carbocycles. The molecule has 57 heavy (non-hydrogen) atoms. The standard InChI is InChI=1S/C45H34ClN3O8/c46-37-26-47-39(57-45(51)36-23-42(54-29-33-17-9-3-10-18-33)49-43(24-36)55-30-34-19-11-4-12-20-34)25-38(37)56-44(50)35-21-40(52-27-31-13-5-1-6-14-31)48-41(22-35)53-28-32-15-7-2-8-16-32/h1-26H,27-30H2. The van der Waals surface area contributed by atoms with Crippen LogP contribution in [-0.4, -0.2) is 26.9 Å². The second-order valence-corrected chi connectivity index (χ2v) is 12.8. The molecule has 0 unspecified atom stereocenters. The lowest BCUT2D eigenvalue weighted by molar-refractivity contribution is 0.0724. The van der Waals surface area contributed by atoms with Crippen LogP contribution in [0.2, 0.25) is 5.02 Å². The van der Waals surface area contributed by atoms with Crippen molar-refractivity contribution in [3.05, 3.63) is 196 Å². The zero-order chi connectivity index (χ0) is 39.2. The first-order valence-corrected chi connectivity index (χ1v) is 18.1. The van der Waals surface area contributed by atoms with Crippen molar-refractivity contribution in [1.29, 1.82) is 0 Å². The van der Waals surface area contributed by atoms with E-state index in [1.165, 1.54) is 36.5 Å². The first-order chi connectivity index (χ1) is 27.9. The van der Waals surface area contributed by atoms with Gasteiger partial charge in [0, 0.05) is 30.3 Å². The number of hydrogen-bond acceptors (Lipinski definition) is 11. The molecular formula is C45H34ClN3O8. The highest BCUT2D eigenvalue weighted by atomic mass is 35.5. The summed E-state index contributed by atoms with van der Waals surface area (Å²) in [5.41, 5.74) is 3.78. The van der Waals surface area contributed by atoms with Crippen molar-refractivity contribution in [2.75, 3.05) is 0 Å². The van der Waals surface area contributed by atoms with E-state index in [1.54, 1.807) is 0 Å². The summed E-state index contributed by atoms with van der Waals surface area (Å²) in [5, 5.41) is -0.00425. The van der Waals surface area contributed by atoms with E-state index in [1.807, 2.05) is 121 Å². The molecule has 11 nitrogen and oxygen atoms in total. The van der Waals surface area contributed by atoms with Crippen LogP contribution in [0.5, 0.6) is 35.1 Å². The lowest BCUT2D eigenvalue weighted by Gasteiger charge is -2.13. The lowest BCUT2D eigenvalue weighted by atomic mass is 10.2. The van der Waals surface area contributed by atoms with Crippen molar-refractivity contribution in [2.45, 2.75) is 26.4 Å². The maximum atomic E-state index is 13.6. The molecule has 0 amide bonds. The molecule has 0 aliphatic heterocycles. The minimum absolute atomic E-state index is 0.00425. The van der Waals surface area contributed by atoms with Crippen LogP contribution in [0.3, 0.4) is 0 Å². The van der Waals surface area contributed by atoms with Gasteiger partial charge in [-0.05, 0) is 22.3 Å². The number of esters is 2. The Bertz CT molecular complexity index is 2300. The maximum Gasteiger partial charge on any atom is 0.345 e. The van der Waals surface area contributed by atoms with Gasteiger partial charge in [-0.2, -0.15) is 9.97 Å². The maximum absolute atomic E-state index is 13.6. The number of carbonyl (C=O) groups excluding carboxylic acids is 2. The number of nitrogens with zero attached hydrogens (tertiary/aromatic N) is 3. The number of carbonyl (C=O) groups is 2. The van der Waals surface area contributed by atoms with Crippen LogP contribution in [0.4, 0.5) is 0 Å². The van der Waals surface area contributed by atoms with Gasteiger partial charge in [-0.15, -0.1) is 0 Å². The fraction of sp³-hybridized carbons (Fsp3) is 0.0889. The molecule has 0 spiro atoms. The molecule has 0 saturated carbocycles. The zero-order valence-corrected chi connectivity index (χ0v) is 31.1. The van der Waals surface area contributed by atoms with Crippen LogP contribution in [0.1, 0.15) is 43.0 Å². The van der Waals surface area contributed by atoms with Gasteiger partial charge in [-0.3, -0.25) is 0 Å². The fourth-order valence-corrected chi connectivity index (χ4v) is 5.41.